The normalized spacial score (nSPS) is 8.25. The quantitative estimate of drug-likeness (QED) is 0.501. The molecule has 0 bridgehead atoms. The van der Waals surface area contributed by atoms with Crippen LogP contribution in [0.2, 0.25) is 0 Å². The summed E-state index contributed by atoms with van der Waals surface area (Å²) in [6, 6.07) is 0. The molecule has 0 heterocycles. The topological polar surface area (TPSA) is 46.2 Å². The van der Waals surface area contributed by atoms with Crippen molar-refractivity contribution in [2.45, 2.75) is 0 Å². The number of hydrogen-bond donors (Lipinski definition) is 1. The predicted molar refractivity (Wildman–Crippen MR) is 24.5 cm³/mol. The summed E-state index contributed by atoms with van der Waals surface area (Å²) in [7, 11) is 0. The van der Waals surface area contributed by atoms with E-state index in [1.807, 2.05) is 0 Å². The van der Waals surface area contributed by atoms with E-state index in [4.69, 9.17) is 0 Å². The highest BCUT2D eigenvalue weighted by atomic mass is 19.1. The largest absolute Gasteiger partial charge is 0.294 e. The standard InChI is InChI=1S/C4H5FNO2/c1-3(7)6-4(8)2-5/h1-2H2,(H,6,7,8). The Balaban J connectivity index is 3.40. The molecule has 0 unspecified atom stereocenters. The fourth-order valence-corrected chi connectivity index (χ4v) is 0.189. The van der Waals surface area contributed by atoms with Crippen molar-refractivity contribution in [2.75, 3.05) is 6.67 Å². The molecule has 2 amide bonds. The lowest BCUT2D eigenvalue weighted by molar-refractivity contribution is -0.128. The lowest BCUT2D eigenvalue weighted by Gasteiger charge is -1.90. The van der Waals surface area contributed by atoms with Gasteiger partial charge in [0.25, 0.3) is 5.91 Å². The average Bonchev–Trinajstić information content (AvgIpc) is 1.65. The lowest BCUT2D eigenvalue weighted by atomic mass is 10.6. The molecular formula is C4H5FNO2. The minimum absolute atomic E-state index is 0.785. The molecule has 1 radical (unpaired) electrons. The first-order valence-corrected chi connectivity index (χ1v) is 1.88. The number of imide groups is 1. The van der Waals surface area contributed by atoms with Gasteiger partial charge in [0, 0.05) is 6.92 Å². The summed E-state index contributed by atoms with van der Waals surface area (Å²) in [6.07, 6.45) is 0. The van der Waals surface area contributed by atoms with Gasteiger partial charge in [0.05, 0.1) is 0 Å². The monoisotopic (exact) mass is 118 g/mol. The van der Waals surface area contributed by atoms with Gasteiger partial charge in [-0.3, -0.25) is 14.9 Å². The van der Waals surface area contributed by atoms with E-state index in [0.29, 0.717) is 0 Å². The van der Waals surface area contributed by atoms with Gasteiger partial charge in [0.2, 0.25) is 5.91 Å². The number of carbonyl (C=O) groups is 2. The molecule has 0 aliphatic carbocycles. The van der Waals surface area contributed by atoms with Crippen LogP contribution < -0.4 is 5.32 Å². The number of alkyl halides is 1. The molecule has 0 atom stereocenters. The van der Waals surface area contributed by atoms with Crippen molar-refractivity contribution >= 4 is 11.8 Å². The molecular weight excluding hydrogens is 113 g/mol. The van der Waals surface area contributed by atoms with Crippen LogP contribution in [0.4, 0.5) is 4.39 Å². The molecule has 0 aromatic carbocycles. The summed E-state index contributed by atoms with van der Waals surface area (Å²) in [5.41, 5.74) is 0. The van der Waals surface area contributed by atoms with E-state index in [1.54, 1.807) is 5.32 Å². The third-order valence-corrected chi connectivity index (χ3v) is 0.400. The molecule has 0 rings (SSSR count). The van der Waals surface area contributed by atoms with Crippen molar-refractivity contribution in [3.05, 3.63) is 6.92 Å². The molecule has 0 saturated heterocycles. The Hall–Kier alpha value is -0.930. The van der Waals surface area contributed by atoms with Gasteiger partial charge < -0.3 is 0 Å². The van der Waals surface area contributed by atoms with Crippen molar-refractivity contribution < 1.29 is 14.0 Å². The van der Waals surface area contributed by atoms with Gasteiger partial charge in [-0.2, -0.15) is 0 Å². The molecule has 0 aromatic rings. The molecule has 0 spiro atoms. The van der Waals surface area contributed by atoms with E-state index in [9.17, 15) is 14.0 Å². The van der Waals surface area contributed by atoms with Crippen LogP contribution in [0, 0.1) is 6.92 Å². The molecule has 4 heteroatoms. The Morgan fingerprint density at radius 2 is 2.12 bits per heavy atom. The van der Waals surface area contributed by atoms with Crippen molar-refractivity contribution in [2.24, 2.45) is 0 Å². The SMILES string of the molecule is [CH2]C(=O)NC(=O)CF. The first kappa shape index (κ1) is 7.07. The fourth-order valence-electron chi connectivity index (χ4n) is 0.189. The first-order valence-electron chi connectivity index (χ1n) is 1.88. The maximum atomic E-state index is 11.2. The summed E-state index contributed by atoms with van der Waals surface area (Å²) >= 11 is 0. The number of nitrogens with one attached hydrogen (secondary N) is 1. The number of carbonyl (C=O) groups excluding carboxylic acids is 2. The highest BCUT2D eigenvalue weighted by Crippen LogP contribution is 1.66. The zero-order chi connectivity index (χ0) is 6.57. The number of hydrogen-bond acceptors (Lipinski definition) is 2. The fraction of sp³-hybridized carbons (Fsp3) is 0.250. The lowest BCUT2D eigenvalue weighted by Crippen LogP contribution is -2.29. The second-order valence-electron chi connectivity index (χ2n) is 1.10. The molecule has 0 aliphatic rings. The van der Waals surface area contributed by atoms with Crippen LogP contribution in [0.5, 0.6) is 0 Å². The summed E-state index contributed by atoms with van der Waals surface area (Å²) in [4.78, 5) is 19.7. The first-order chi connectivity index (χ1) is 3.66. The number of halogens is 1. The Bertz CT molecular complexity index is 113. The van der Waals surface area contributed by atoms with Crippen LogP contribution in [0.3, 0.4) is 0 Å². The van der Waals surface area contributed by atoms with Gasteiger partial charge in [0.15, 0.2) is 6.67 Å². The summed E-state index contributed by atoms with van der Waals surface area (Å²) in [5, 5.41) is 1.63. The Morgan fingerprint density at radius 1 is 1.62 bits per heavy atom. The Morgan fingerprint density at radius 3 is 2.25 bits per heavy atom. The van der Waals surface area contributed by atoms with E-state index in [0.717, 1.165) is 0 Å². The summed E-state index contributed by atoms with van der Waals surface area (Å²) < 4.78 is 11.2. The highest BCUT2D eigenvalue weighted by molar-refractivity contribution is 5.97. The molecule has 0 aliphatic heterocycles. The van der Waals surface area contributed by atoms with Gasteiger partial charge in [-0.25, -0.2) is 4.39 Å². The van der Waals surface area contributed by atoms with Crippen LogP contribution in [0.25, 0.3) is 0 Å². The molecule has 0 fully saturated rings. The molecule has 3 nitrogen and oxygen atoms in total. The van der Waals surface area contributed by atoms with Crippen LogP contribution in [0.15, 0.2) is 0 Å². The van der Waals surface area contributed by atoms with Crippen LogP contribution in [0.1, 0.15) is 0 Å². The number of amides is 2. The Labute approximate surface area is 45.9 Å². The van der Waals surface area contributed by atoms with Gasteiger partial charge >= 0.3 is 0 Å². The van der Waals surface area contributed by atoms with Crippen molar-refractivity contribution in [3.8, 4) is 0 Å². The van der Waals surface area contributed by atoms with Crippen molar-refractivity contribution in [3.63, 3.8) is 0 Å². The maximum absolute atomic E-state index is 11.2. The van der Waals surface area contributed by atoms with E-state index >= 15 is 0 Å². The molecule has 8 heavy (non-hydrogen) atoms. The predicted octanol–water partition coefficient (Wildman–Crippen LogP) is -0.567. The average molecular weight is 118 g/mol. The van der Waals surface area contributed by atoms with Crippen LogP contribution in [-0.2, 0) is 9.59 Å². The van der Waals surface area contributed by atoms with Crippen LogP contribution in [-0.4, -0.2) is 18.5 Å². The van der Waals surface area contributed by atoms with Gasteiger partial charge in [-0.15, -0.1) is 0 Å². The number of rotatable bonds is 1. The second kappa shape index (κ2) is 3.12. The zero-order valence-electron chi connectivity index (χ0n) is 4.11. The van der Waals surface area contributed by atoms with E-state index in [2.05, 4.69) is 6.92 Å². The molecule has 0 saturated carbocycles. The van der Waals surface area contributed by atoms with Crippen molar-refractivity contribution in [1.82, 2.24) is 5.32 Å². The zero-order valence-corrected chi connectivity index (χ0v) is 4.11. The second-order valence-corrected chi connectivity index (χ2v) is 1.10. The van der Waals surface area contributed by atoms with E-state index in [-0.39, 0.29) is 0 Å². The summed E-state index contributed by atoms with van der Waals surface area (Å²) in [6.45, 7) is 1.61. The maximum Gasteiger partial charge on any atom is 0.257 e. The summed E-state index contributed by atoms with van der Waals surface area (Å²) in [5.74, 6) is -1.74. The smallest absolute Gasteiger partial charge is 0.257 e. The minimum Gasteiger partial charge on any atom is -0.294 e. The van der Waals surface area contributed by atoms with Crippen molar-refractivity contribution in [1.29, 1.82) is 0 Å². The van der Waals surface area contributed by atoms with Gasteiger partial charge in [0.1, 0.15) is 0 Å². The van der Waals surface area contributed by atoms with E-state index in [1.165, 1.54) is 0 Å². The molecule has 1 N–H and O–H groups in total. The third kappa shape index (κ3) is 3.27. The van der Waals surface area contributed by atoms with E-state index < -0.39 is 18.5 Å². The minimum atomic E-state index is -1.18. The van der Waals surface area contributed by atoms with Crippen LogP contribution >= 0.6 is 0 Å². The van der Waals surface area contributed by atoms with Gasteiger partial charge in [-0.05, 0) is 0 Å². The third-order valence-electron chi connectivity index (χ3n) is 0.400. The van der Waals surface area contributed by atoms with Gasteiger partial charge in [-0.1, -0.05) is 0 Å². The Kier molecular flexibility index (Phi) is 2.76. The highest BCUT2D eigenvalue weighted by Gasteiger charge is 1.99. The molecule has 0 aromatic heterocycles. The molecule has 45 valence electrons.